The van der Waals surface area contributed by atoms with Crippen LogP contribution in [0.5, 0.6) is 0 Å². The Kier molecular flexibility index (Phi) is 2.58. The van der Waals surface area contributed by atoms with Crippen LogP contribution in [0.1, 0.15) is 16.0 Å². The van der Waals surface area contributed by atoms with Gasteiger partial charge >= 0.3 is 0 Å². The summed E-state index contributed by atoms with van der Waals surface area (Å²) in [6, 6.07) is 26.8. The second kappa shape index (κ2) is 4.54. The molecule has 0 amide bonds. The summed E-state index contributed by atoms with van der Waals surface area (Å²) in [5.74, 6) is 0. The molecule has 1 aliphatic rings. The van der Waals surface area contributed by atoms with Crippen LogP contribution in [0.15, 0.2) is 78.9 Å². The molecule has 1 aliphatic carbocycles. The lowest BCUT2D eigenvalue weighted by Crippen LogP contribution is -2.24. The highest BCUT2D eigenvalue weighted by molar-refractivity contribution is 7.19. The lowest BCUT2D eigenvalue weighted by molar-refractivity contribution is 0.135. The van der Waals surface area contributed by atoms with E-state index in [0.717, 1.165) is 27.1 Å². The molecule has 0 saturated heterocycles. The van der Waals surface area contributed by atoms with Crippen LogP contribution in [-0.4, -0.2) is 5.11 Å². The number of hydrogen-bond acceptors (Lipinski definition) is 2. The number of fused-ring (bicyclic) bond motifs is 4. The van der Waals surface area contributed by atoms with Gasteiger partial charge in [-0.15, -0.1) is 11.3 Å². The van der Waals surface area contributed by atoms with Crippen molar-refractivity contribution in [3.8, 4) is 11.1 Å². The number of rotatable bonds is 1. The highest BCUT2D eigenvalue weighted by Crippen LogP contribution is 2.52. The lowest BCUT2D eigenvalue weighted by Gasteiger charge is -2.24. The first-order valence-electron chi connectivity index (χ1n) is 7.69. The monoisotopic (exact) mass is 314 g/mol. The third-order valence-electron chi connectivity index (χ3n) is 4.71. The first-order valence-corrected chi connectivity index (χ1v) is 8.51. The lowest BCUT2D eigenvalue weighted by atomic mass is 9.89. The van der Waals surface area contributed by atoms with Crippen molar-refractivity contribution in [3.63, 3.8) is 0 Å². The van der Waals surface area contributed by atoms with Crippen molar-refractivity contribution < 1.29 is 5.11 Å². The van der Waals surface area contributed by atoms with E-state index in [1.54, 1.807) is 11.3 Å². The van der Waals surface area contributed by atoms with E-state index in [2.05, 4.69) is 30.3 Å². The van der Waals surface area contributed by atoms with Gasteiger partial charge in [0.15, 0.2) is 5.60 Å². The van der Waals surface area contributed by atoms with E-state index < -0.39 is 5.60 Å². The Bertz CT molecular complexity index is 966. The van der Waals surface area contributed by atoms with Crippen molar-refractivity contribution >= 4 is 21.4 Å². The van der Waals surface area contributed by atoms with Gasteiger partial charge in [0.2, 0.25) is 0 Å². The molecule has 0 aliphatic heterocycles. The van der Waals surface area contributed by atoms with Crippen molar-refractivity contribution in [1.82, 2.24) is 0 Å². The SMILES string of the molecule is OC1(c2cc3ccccc3s2)c2ccccc2-c2ccccc21. The maximum atomic E-state index is 11.8. The molecule has 0 fully saturated rings. The Labute approximate surface area is 138 Å². The van der Waals surface area contributed by atoms with Gasteiger partial charge in [-0.3, -0.25) is 0 Å². The standard InChI is InChI=1S/C21H14OS/c22-21(20-13-14-7-1-6-12-19(14)23-20)17-10-4-2-8-15(17)16-9-3-5-11-18(16)21/h1-13,22H. The van der Waals surface area contributed by atoms with Crippen molar-refractivity contribution in [2.75, 3.05) is 0 Å². The van der Waals surface area contributed by atoms with Crippen LogP contribution in [0, 0.1) is 0 Å². The summed E-state index contributed by atoms with van der Waals surface area (Å²) in [6.45, 7) is 0. The minimum atomic E-state index is -1.06. The maximum Gasteiger partial charge on any atom is 0.150 e. The summed E-state index contributed by atoms with van der Waals surface area (Å²) in [6.07, 6.45) is 0. The van der Waals surface area contributed by atoms with Crippen LogP contribution in [-0.2, 0) is 5.60 Å². The fraction of sp³-hybridized carbons (Fsp3) is 0.0476. The van der Waals surface area contributed by atoms with Crippen molar-refractivity contribution in [2.45, 2.75) is 5.60 Å². The smallest absolute Gasteiger partial charge is 0.150 e. The molecule has 0 radical (unpaired) electrons. The summed E-state index contributed by atoms with van der Waals surface area (Å²) in [4.78, 5) is 0.983. The van der Waals surface area contributed by atoms with Crippen LogP contribution >= 0.6 is 11.3 Å². The van der Waals surface area contributed by atoms with Crippen LogP contribution in [0.4, 0.5) is 0 Å². The highest BCUT2D eigenvalue weighted by atomic mass is 32.1. The first kappa shape index (κ1) is 13.1. The molecule has 23 heavy (non-hydrogen) atoms. The Hall–Kier alpha value is -2.42. The van der Waals surface area contributed by atoms with Crippen molar-refractivity contribution in [3.05, 3.63) is 94.9 Å². The Morgan fingerprint density at radius 3 is 1.91 bits per heavy atom. The second-order valence-electron chi connectivity index (χ2n) is 5.95. The quantitative estimate of drug-likeness (QED) is 0.514. The zero-order chi connectivity index (χ0) is 15.4. The summed E-state index contributed by atoms with van der Waals surface area (Å²) in [5.41, 5.74) is 3.16. The van der Waals surface area contributed by atoms with Gasteiger partial charge in [0, 0.05) is 20.7 Å². The molecule has 0 atom stereocenters. The second-order valence-corrected chi connectivity index (χ2v) is 7.03. The van der Waals surface area contributed by atoms with E-state index in [-0.39, 0.29) is 0 Å². The van der Waals surface area contributed by atoms with Crippen molar-refractivity contribution in [1.29, 1.82) is 0 Å². The molecule has 1 aromatic heterocycles. The van der Waals surface area contributed by atoms with Gasteiger partial charge in [-0.25, -0.2) is 0 Å². The third kappa shape index (κ3) is 1.65. The van der Waals surface area contributed by atoms with E-state index in [1.807, 2.05) is 48.5 Å². The van der Waals surface area contributed by atoms with E-state index >= 15 is 0 Å². The molecule has 0 unspecified atom stereocenters. The van der Waals surface area contributed by atoms with Gasteiger partial charge in [-0.1, -0.05) is 66.7 Å². The molecule has 1 N–H and O–H groups in total. The molecule has 0 saturated carbocycles. The molecule has 1 nitrogen and oxygen atoms in total. The van der Waals surface area contributed by atoms with E-state index in [0.29, 0.717) is 0 Å². The number of aliphatic hydroxyl groups is 1. The number of hydrogen-bond donors (Lipinski definition) is 1. The fourth-order valence-corrected chi connectivity index (χ4v) is 4.82. The molecule has 2 heteroatoms. The van der Waals surface area contributed by atoms with Gasteiger partial charge in [-0.2, -0.15) is 0 Å². The van der Waals surface area contributed by atoms with Gasteiger partial charge in [0.25, 0.3) is 0 Å². The number of benzene rings is 3. The average molecular weight is 314 g/mol. The Morgan fingerprint density at radius 2 is 1.26 bits per heavy atom. The first-order chi connectivity index (χ1) is 11.3. The molecule has 3 aromatic carbocycles. The summed E-state index contributed by atoms with van der Waals surface area (Å²) in [5, 5.41) is 13.0. The maximum absolute atomic E-state index is 11.8. The summed E-state index contributed by atoms with van der Waals surface area (Å²) >= 11 is 1.67. The zero-order valence-electron chi connectivity index (χ0n) is 12.4. The van der Waals surface area contributed by atoms with Gasteiger partial charge in [-0.05, 0) is 28.6 Å². The minimum Gasteiger partial charge on any atom is -0.375 e. The van der Waals surface area contributed by atoms with Gasteiger partial charge < -0.3 is 5.11 Å². The largest absolute Gasteiger partial charge is 0.375 e. The van der Waals surface area contributed by atoms with Gasteiger partial charge in [0.05, 0.1) is 0 Å². The highest BCUT2D eigenvalue weighted by Gasteiger charge is 2.43. The van der Waals surface area contributed by atoms with Crippen LogP contribution < -0.4 is 0 Å². The summed E-state index contributed by atoms with van der Waals surface area (Å²) in [7, 11) is 0. The molecule has 0 spiro atoms. The molecule has 4 aromatic rings. The average Bonchev–Trinajstić information content (AvgIpc) is 3.15. The molecule has 0 bridgehead atoms. The Balaban J connectivity index is 1.87. The zero-order valence-corrected chi connectivity index (χ0v) is 13.2. The third-order valence-corrected chi connectivity index (χ3v) is 5.93. The van der Waals surface area contributed by atoms with E-state index in [4.69, 9.17) is 0 Å². The molecular formula is C21H14OS. The van der Waals surface area contributed by atoms with E-state index in [1.165, 1.54) is 10.1 Å². The molecule has 5 rings (SSSR count). The minimum absolute atomic E-state index is 0.979. The number of thiophene rings is 1. The topological polar surface area (TPSA) is 20.2 Å². The molecule has 1 heterocycles. The Morgan fingerprint density at radius 1 is 0.696 bits per heavy atom. The summed E-state index contributed by atoms with van der Waals surface area (Å²) < 4.78 is 1.21. The molecular weight excluding hydrogens is 300 g/mol. The van der Waals surface area contributed by atoms with E-state index in [9.17, 15) is 5.11 Å². The predicted octanol–water partition coefficient (Wildman–Crippen LogP) is 5.17. The van der Waals surface area contributed by atoms with Crippen LogP contribution in [0.2, 0.25) is 0 Å². The van der Waals surface area contributed by atoms with Crippen LogP contribution in [0.3, 0.4) is 0 Å². The predicted molar refractivity (Wildman–Crippen MR) is 95.8 cm³/mol. The normalized spacial score (nSPS) is 14.7. The molecule has 110 valence electrons. The van der Waals surface area contributed by atoms with Gasteiger partial charge in [0.1, 0.15) is 0 Å². The fourth-order valence-electron chi connectivity index (χ4n) is 3.64. The van der Waals surface area contributed by atoms with Crippen molar-refractivity contribution in [2.24, 2.45) is 0 Å². The van der Waals surface area contributed by atoms with Crippen LogP contribution in [0.25, 0.3) is 21.2 Å².